The van der Waals surface area contributed by atoms with E-state index < -0.39 is 29.1 Å². The van der Waals surface area contributed by atoms with Crippen LogP contribution in [0.4, 0.5) is 4.79 Å². The van der Waals surface area contributed by atoms with Gasteiger partial charge >= 0.3 is 12.1 Å². The van der Waals surface area contributed by atoms with E-state index in [0.29, 0.717) is 4.90 Å². The Hall–Kier alpha value is -1.59. The largest absolute Gasteiger partial charge is 0.465 e. The zero-order valence-corrected chi connectivity index (χ0v) is 10.4. The van der Waals surface area contributed by atoms with Crippen molar-refractivity contribution in [3.63, 3.8) is 0 Å². The highest BCUT2D eigenvalue weighted by Gasteiger charge is 2.52. The van der Waals surface area contributed by atoms with E-state index in [1.54, 1.807) is 20.8 Å². The van der Waals surface area contributed by atoms with E-state index in [-0.39, 0.29) is 12.8 Å². The van der Waals surface area contributed by atoms with Gasteiger partial charge in [0.15, 0.2) is 0 Å². The van der Waals surface area contributed by atoms with Gasteiger partial charge < -0.3 is 9.84 Å². The maximum atomic E-state index is 12.0. The molecule has 1 unspecified atom stereocenters. The fourth-order valence-electron chi connectivity index (χ4n) is 1.75. The fraction of sp³-hybridized carbons (Fsp3) is 0.727. The Kier molecular flexibility index (Phi) is 3.18. The summed E-state index contributed by atoms with van der Waals surface area (Å²) in [6.45, 7) is 6.49. The highest BCUT2D eigenvalue weighted by atomic mass is 16.6. The molecule has 1 saturated heterocycles. The molecule has 0 aromatic heterocycles. The van der Waals surface area contributed by atoms with Gasteiger partial charge in [0.05, 0.1) is 0 Å². The maximum Gasteiger partial charge on any atom is 0.415 e. The van der Waals surface area contributed by atoms with Crippen molar-refractivity contribution >= 4 is 18.0 Å². The van der Waals surface area contributed by atoms with E-state index in [4.69, 9.17) is 9.84 Å². The Balaban J connectivity index is 2.98. The van der Waals surface area contributed by atoms with Crippen molar-refractivity contribution in [2.24, 2.45) is 0 Å². The molecule has 1 atom stereocenters. The summed E-state index contributed by atoms with van der Waals surface area (Å²) in [4.78, 5) is 35.0. The molecule has 17 heavy (non-hydrogen) atoms. The number of carbonyl (C=O) groups excluding carboxylic acids is 2. The van der Waals surface area contributed by atoms with E-state index in [1.807, 2.05) is 0 Å². The van der Waals surface area contributed by atoms with E-state index in [0.717, 1.165) is 0 Å². The summed E-state index contributed by atoms with van der Waals surface area (Å²) in [5, 5.41) is 8.96. The smallest absolute Gasteiger partial charge is 0.415 e. The summed E-state index contributed by atoms with van der Waals surface area (Å²) in [7, 11) is 0. The third-order valence-corrected chi connectivity index (χ3v) is 2.60. The third-order valence-electron chi connectivity index (χ3n) is 2.60. The van der Waals surface area contributed by atoms with Gasteiger partial charge in [0, 0.05) is 6.42 Å². The predicted octanol–water partition coefficient (Wildman–Crippen LogP) is 1.39. The van der Waals surface area contributed by atoms with Crippen molar-refractivity contribution in [1.82, 2.24) is 4.90 Å². The van der Waals surface area contributed by atoms with E-state index in [9.17, 15) is 14.4 Å². The number of imide groups is 1. The van der Waals surface area contributed by atoms with Gasteiger partial charge in [-0.1, -0.05) is 0 Å². The molecule has 96 valence electrons. The van der Waals surface area contributed by atoms with Crippen molar-refractivity contribution in [3.8, 4) is 0 Å². The van der Waals surface area contributed by atoms with Crippen LogP contribution in [0.5, 0.6) is 0 Å². The minimum absolute atomic E-state index is 0.0437. The quantitative estimate of drug-likeness (QED) is 0.703. The summed E-state index contributed by atoms with van der Waals surface area (Å²) in [6, 6.07) is 0. The summed E-state index contributed by atoms with van der Waals surface area (Å²) in [6.07, 6.45) is -1.21. The molecular formula is C11H17NO5. The molecule has 1 aliphatic heterocycles. The van der Waals surface area contributed by atoms with Gasteiger partial charge in [-0.15, -0.1) is 0 Å². The van der Waals surface area contributed by atoms with Gasteiger partial charge in [-0.3, -0.25) is 4.79 Å². The summed E-state index contributed by atoms with van der Waals surface area (Å²) < 4.78 is 5.16. The van der Waals surface area contributed by atoms with E-state index in [2.05, 4.69) is 0 Å². The van der Waals surface area contributed by atoms with Gasteiger partial charge in [-0.05, 0) is 34.1 Å². The maximum absolute atomic E-state index is 12.0. The first-order valence-corrected chi connectivity index (χ1v) is 5.37. The molecule has 2 amide bonds. The van der Waals surface area contributed by atoms with Crippen LogP contribution in [0.2, 0.25) is 0 Å². The zero-order valence-electron chi connectivity index (χ0n) is 10.4. The fourth-order valence-corrected chi connectivity index (χ4v) is 1.75. The Bertz CT molecular complexity index is 371. The molecule has 0 aromatic rings. The van der Waals surface area contributed by atoms with Crippen molar-refractivity contribution in [3.05, 3.63) is 0 Å². The molecule has 0 bridgehead atoms. The first-order chi connectivity index (χ1) is 7.58. The van der Waals surface area contributed by atoms with Crippen molar-refractivity contribution in [2.45, 2.75) is 51.7 Å². The molecule has 1 fully saturated rings. The van der Waals surface area contributed by atoms with Crippen LogP contribution in [-0.2, 0) is 14.3 Å². The molecule has 1 heterocycles. The highest BCUT2D eigenvalue weighted by Crippen LogP contribution is 2.32. The molecule has 1 rings (SSSR count). The summed E-state index contributed by atoms with van der Waals surface area (Å²) in [5.41, 5.74) is -2.12. The van der Waals surface area contributed by atoms with E-state index in [1.165, 1.54) is 6.92 Å². The number of amides is 2. The first kappa shape index (κ1) is 13.5. The molecule has 6 nitrogen and oxygen atoms in total. The molecule has 1 N–H and O–H groups in total. The molecule has 0 aromatic carbocycles. The van der Waals surface area contributed by atoms with Crippen molar-refractivity contribution in [1.29, 1.82) is 0 Å². The lowest BCUT2D eigenvalue weighted by Gasteiger charge is -2.32. The molecule has 0 spiro atoms. The van der Waals surface area contributed by atoms with Crippen LogP contribution in [0.1, 0.15) is 40.5 Å². The monoisotopic (exact) mass is 243 g/mol. The lowest BCUT2D eigenvalue weighted by atomic mass is 9.99. The highest BCUT2D eigenvalue weighted by molar-refractivity contribution is 6.01. The van der Waals surface area contributed by atoms with Crippen LogP contribution in [0, 0.1) is 0 Å². The van der Waals surface area contributed by atoms with Gasteiger partial charge in [-0.2, -0.15) is 0 Å². The average molecular weight is 243 g/mol. The first-order valence-electron chi connectivity index (χ1n) is 5.37. The zero-order chi connectivity index (χ0) is 13.4. The van der Waals surface area contributed by atoms with Crippen LogP contribution in [0.15, 0.2) is 0 Å². The molecule has 1 aliphatic rings. The molecular weight excluding hydrogens is 226 g/mol. The molecule has 0 saturated carbocycles. The molecule has 0 radical (unpaired) electrons. The minimum Gasteiger partial charge on any atom is -0.465 e. The second-order valence-corrected chi connectivity index (χ2v) is 5.29. The number of carboxylic acid groups (broad SMARTS) is 1. The second-order valence-electron chi connectivity index (χ2n) is 5.29. The van der Waals surface area contributed by atoms with Gasteiger partial charge in [0.2, 0.25) is 5.91 Å². The van der Waals surface area contributed by atoms with Crippen LogP contribution >= 0.6 is 0 Å². The standard InChI is InChI=1S/C11H17NO5/c1-10(2,3)17-8(14)11(4)6-5-7(13)12(11)9(15)16/h5-6H2,1-4H3,(H,15,16). The number of hydrogen-bond acceptors (Lipinski definition) is 4. The average Bonchev–Trinajstić information content (AvgIpc) is 2.40. The van der Waals surface area contributed by atoms with Gasteiger partial charge in [0.25, 0.3) is 0 Å². The third kappa shape index (κ3) is 2.57. The van der Waals surface area contributed by atoms with Crippen molar-refractivity contribution < 1.29 is 24.2 Å². The predicted molar refractivity (Wildman–Crippen MR) is 58.4 cm³/mol. The topological polar surface area (TPSA) is 83.9 Å². The van der Waals surface area contributed by atoms with Gasteiger partial charge in [0.1, 0.15) is 11.1 Å². The Labute approximate surface area is 99.5 Å². The number of rotatable bonds is 1. The number of esters is 1. The molecule has 0 aliphatic carbocycles. The van der Waals surface area contributed by atoms with Crippen molar-refractivity contribution in [2.75, 3.05) is 0 Å². The number of likely N-dealkylation sites (tertiary alicyclic amines) is 1. The summed E-state index contributed by atoms with van der Waals surface area (Å²) in [5.74, 6) is -1.25. The van der Waals surface area contributed by atoms with Crippen LogP contribution in [0.3, 0.4) is 0 Å². The second kappa shape index (κ2) is 4.01. The number of ether oxygens (including phenoxy) is 1. The SMILES string of the molecule is CC(C)(C)OC(=O)C1(C)CCC(=O)N1C(=O)O. The number of nitrogens with zero attached hydrogens (tertiary/aromatic N) is 1. The van der Waals surface area contributed by atoms with E-state index >= 15 is 0 Å². The van der Waals surface area contributed by atoms with Gasteiger partial charge in [-0.25, -0.2) is 14.5 Å². The lowest BCUT2D eigenvalue weighted by molar-refractivity contribution is -0.167. The Morgan fingerprint density at radius 3 is 2.35 bits per heavy atom. The number of carbonyl (C=O) groups is 3. The minimum atomic E-state index is -1.42. The number of hydrogen-bond donors (Lipinski definition) is 1. The van der Waals surface area contributed by atoms with Crippen LogP contribution < -0.4 is 0 Å². The Morgan fingerprint density at radius 2 is 1.94 bits per heavy atom. The molecule has 6 heteroatoms. The normalized spacial score (nSPS) is 24.9. The lowest BCUT2D eigenvalue weighted by Crippen LogP contribution is -2.54. The summed E-state index contributed by atoms with van der Waals surface area (Å²) >= 11 is 0. The van der Waals surface area contributed by atoms with Crippen LogP contribution in [0.25, 0.3) is 0 Å². The Morgan fingerprint density at radius 1 is 1.41 bits per heavy atom. The van der Waals surface area contributed by atoms with Crippen LogP contribution in [-0.4, -0.2) is 39.1 Å².